The molecule has 0 spiro atoms. The number of anilines is 1. The van der Waals surface area contributed by atoms with Gasteiger partial charge in [-0.1, -0.05) is 18.2 Å². The highest BCUT2D eigenvalue weighted by Crippen LogP contribution is 2.17. The summed E-state index contributed by atoms with van der Waals surface area (Å²) < 4.78 is 17.9. The maximum Gasteiger partial charge on any atom is 0.141 e. The fraction of sp³-hybridized carbons (Fsp3) is 0.214. The fourth-order valence-corrected chi connectivity index (χ4v) is 1.72. The molecular weight excluding hydrogens is 231 g/mol. The van der Waals surface area contributed by atoms with Crippen molar-refractivity contribution in [2.45, 2.75) is 6.42 Å². The van der Waals surface area contributed by atoms with Gasteiger partial charge in [-0.15, -0.1) is 0 Å². The molecule has 0 atom stereocenters. The molecule has 2 rings (SSSR count). The summed E-state index contributed by atoms with van der Waals surface area (Å²) in [5.41, 5.74) is 1.13. The summed E-state index contributed by atoms with van der Waals surface area (Å²) in [6.07, 6.45) is 2.02. The zero-order chi connectivity index (χ0) is 12.8. The number of benzene rings is 1. The van der Waals surface area contributed by atoms with Crippen LogP contribution in [0.5, 0.6) is 5.75 Å². The first-order valence-electron chi connectivity index (χ1n) is 5.77. The van der Waals surface area contributed by atoms with Crippen LogP contribution in [0.25, 0.3) is 0 Å². The van der Waals surface area contributed by atoms with Crippen molar-refractivity contribution in [2.24, 2.45) is 0 Å². The van der Waals surface area contributed by atoms with Gasteiger partial charge in [0, 0.05) is 6.54 Å². The number of halogens is 1. The lowest BCUT2D eigenvalue weighted by Crippen LogP contribution is -2.07. The Labute approximate surface area is 106 Å². The highest BCUT2D eigenvalue weighted by atomic mass is 19.1. The molecule has 0 saturated heterocycles. The molecule has 4 heteroatoms. The number of aromatic nitrogens is 1. The lowest BCUT2D eigenvalue weighted by Gasteiger charge is -2.09. The first-order chi connectivity index (χ1) is 8.79. The van der Waals surface area contributed by atoms with Crippen molar-refractivity contribution in [3.8, 4) is 5.75 Å². The van der Waals surface area contributed by atoms with Gasteiger partial charge in [-0.2, -0.15) is 0 Å². The highest BCUT2D eigenvalue weighted by molar-refractivity contribution is 5.36. The lowest BCUT2D eigenvalue weighted by atomic mass is 10.1. The van der Waals surface area contributed by atoms with Crippen molar-refractivity contribution in [1.82, 2.24) is 4.98 Å². The minimum Gasteiger partial charge on any atom is -0.496 e. The second kappa shape index (κ2) is 6.00. The van der Waals surface area contributed by atoms with E-state index in [-0.39, 0.29) is 5.82 Å². The molecule has 0 amide bonds. The Morgan fingerprint density at radius 2 is 2.06 bits per heavy atom. The largest absolute Gasteiger partial charge is 0.496 e. The Bertz CT molecular complexity index is 499. The average Bonchev–Trinajstić information content (AvgIpc) is 2.41. The fourth-order valence-electron chi connectivity index (χ4n) is 1.72. The topological polar surface area (TPSA) is 34.1 Å². The van der Waals surface area contributed by atoms with E-state index in [2.05, 4.69) is 10.3 Å². The zero-order valence-electron chi connectivity index (χ0n) is 10.2. The summed E-state index contributed by atoms with van der Waals surface area (Å²) in [7, 11) is 1.66. The first-order valence-corrected chi connectivity index (χ1v) is 5.77. The van der Waals surface area contributed by atoms with Crippen LogP contribution in [0, 0.1) is 5.82 Å². The minimum atomic E-state index is -0.328. The maximum absolute atomic E-state index is 12.7. The van der Waals surface area contributed by atoms with E-state index < -0.39 is 0 Å². The van der Waals surface area contributed by atoms with Crippen LogP contribution in [0.1, 0.15) is 5.56 Å². The number of rotatable bonds is 5. The molecule has 0 aliphatic rings. The van der Waals surface area contributed by atoms with E-state index in [9.17, 15) is 4.39 Å². The molecule has 1 heterocycles. The van der Waals surface area contributed by atoms with Crippen LogP contribution in [0.3, 0.4) is 0 Å². The van der Waals surface area contributed by atoms with Crippen molar-refractivity contribution in [1.29, 1.82) is 0 Å². The number of nitrogens with zero attached hydrogens (tertiary/aromatic N) is 1. The number of methoxy groups -OCH3 is 1. The SMILES string of the molecule is COc1ccccc1CCNc1ccc(F)cn1. The second-order valence-corrected chi connectivity index (χ2v) is 3.85. The molecule has 1 aromatic carbocycles. The molecule has 1 aromatic heterocycles. The van der Waals surface area contributed by atoms with Gasteiger partial charge >= 0.3 is 0 Å². The third-order valence-electron chi connectivity index (χ3n) is 2.62. The Morgan fingerprint density at radius 1 is 1.22 bits per heavy atom. The molecular formula is C14H15FN2O. The highest BCUT2D eigenvalue weighted by Gasteiger charge is 2.01. The minimum absolute atomic E-state index is 0.328. The van der Waals surface area contributed by atoms with Gasteiger partial charge in [0.2, 0.25) is 0 Å². The Hall–Kier alpha value is -2.10. The number of pyridine rings is 1. The number of hydrogen-bond donors (Lipinski definition) is 1. The molecule has 1 N–H and O–H groups in total. The Morgan fingerprint density at radius 3 is 2.78 bits per heavy atom. The van der Waals surface area contributed by atoms with E-state index in [1.165, 1.54) is 12.3 Å². The third-order valence-corrected chi connectivity index (χ3v) is 2.62. The molecule has 0 saturated carbocycles. The predicted molar refractivity (Wildman–Crippen MR) is 69.4 cm³/mol. The molecule has 18 heavy (non-hydrogen) atoms. The van der Waals surface area contributed by atoms with Crippen molar-refractivity contribution >= 4 is 5.82 Å². The van der Waals surface area contributed by atoms with Crippen molar-refractivity contribution in [3.63, 3.8) is 0 Å². The summed E-state index contributed by atoms with van der Waals surface area (Å²) in [6, 6.07) is 10.9. The summed E-state index contributed by atoms with van der Waals surface area (Å²) in [6.45, 7) is 0.721. The Kier molecular flexibility index (Phi) is 4.12. The average molecular weight is 246 g/mol. The molecule has 0 fully saturated rings. The van der Waals surface area contributed by atoms with Gasteiger partial charge in [0.15, 0.2) is 0 Å². The van der Waals surface area contributed by atoms with Crippen molar-refractivity contribution < 1.29 is 9.13 Å². The van der Waals surface area contributed by atoms with E-state index >= 15 is 0 Å². The quantitative estimate of drug-likeness (QED) is 0.880. The van der Waals surface area contributed by atoms with Gasteiger partial charge in [-0.05, 0) is 30.2 Å². The molecule has 0 unspecified atom stereocenters. The van der Waals surface area contributed by atoms with E-state index in [1.54, 1.807) is 13.2 Å². The van der Waals surface area contributed by atoms with Gasteiger partial charge < -0.3 is 10.1 Å². The monoisotopic (exact) mass is 246 g/mol. The van der Waals surface area contributed by atoms with Gasteiger partial charge in [-0.3, -0.25) is 0 Å². The van der Waals surface area contributed by atoms with E-state index in [4.69, 9.17) is 4.74 Å². The van der Waals surface area contributed by atoms with Crippen LogP contribution < -0.4 is 10.1 Å². The summed E-state index contributed by atoms with van der Waals surface area (Å²) >= 11 is 0. The smallest absolute Gasteiger partial charge is 0.141 e. The van der Waals surface area contributed by atoms with Crippen LogP contribution in [0.4, 0.5) is 10.2 Å². The lowest BCUT2D eigenvalue weighted by molar-refractivity contribution is 0.410. The zero-order valence-corrected chi connectivity index (χ0v) is 10.2. The van der Waals surface area contributed by atoms with Crippen LogP contribution in [-0.4, -0.2) is 18.6 Å². The summed E-state index contributed by atoms with van der Waals surface area (Å²) in [4.78, 5) is 3.93. The van der Waals surface area contributed by atoms with Crippen LogP contribution >= 0.6 is 0 Å². The number of hydrogen-bond acceptors (Lipinski definition) is 3. The van der Waals surface area contributed by atoms with Gasteiger partial charge in [0.1, 0.15) is 17.4 Å². The van der Waals surface area contributed by atoms with Crippen LogP contribution in [0.15, 0.2) is 42.6 Å². The summed E-state index contributed by atoms with van der Waals surface area (Å²) in [5.74, 6) is 1.22. The van der Waals surface area contributed by atoms with E-state index in [0.29, 0.717) is 5.82 Å². The van der Waals surface area contributed by atoms with Crippen molar-refractivity contribution in [3.05, 3.63) is 54.0 Å². The number of para-hydroxylation sites is 1. The maximum atomic E-state index is 12.7. The first kappa shape index (κ1) is 12.4. The third kappa shape index (κ3) is 3.20. The van der Waals surface area contributed by atoms with Crippen LogP contribution in [-0.2, 0) is 6.42 Å². The normalized spacial score (nSPS) is 10.1. The molecule has 2 aromatic rings. The molecule has 94 valence electrons. The molecule has 0 radical (unpaired) electrons. The Balaban J connectivity index is 1.90. The number of nitrogens with one attached hydrogen (secondary N) is 1. The second-order valence-electron chi connectivity index (χ2n) is 3.85. The predicted octanol–water partition coefficient (Wildman–Crippen LogP) is 2.88. The van der Waals surface area contributed by atoms with E-state index in [1.807, 2.05) is 24.3 Å². The van der Waals surface area contributed by atoms with Gasteiger partial charge in [0.05, 0.1) is 13.3 Å². The van der Waals surface area contributed by atoms with Crippen LogP contribution in [0.2, 0.25) is 0 Å². The molecule has 0 aliphatic heterocycles. The number of ether oxygens (including phenoxy) is 1. The van der Waals surface area contributed by atoms with Gasteiger partial charge in [-0.25, -0.2) is 9.37 Å². The van der Waals surface area contributed by atoms with Crippen molar-refractivity contribution in [2.75, 3.05) is 19.0 Å². The van der Waals surface area contributed by atoms with E-state index in [0.717, 1.165) is 24.3 Å². The standard InChI is InChI=1S/C14H15FN2O/c1-18-13-5-3-2-4-11(13)8-9-16-14-7-6-12(15)10-17-14/h2-7,10H,8-9H2,1H3,(H,16,17). The molecule has 0 aliphatic carbocycles. The molecule has 0 bridgehead atoms. The molecule has 3 nitrogen and oxygen atoms in total. The van der Waals surface area contributed by atoms with Gasteiger partial charge in [0.25, 0.3) is 0 Å². The summed E-state index contributed by atoms with van der Waals surface area (Å²) in [5, 5.41) is 3.14.